The van der Waals surface area contributed by atoms with Gasteiger partial charge in [0, 0.05) is 18.3 Å². The second kappa shape index (κ2) is 9.74. The summed E-state index contributed by atoms with van der Waals surface area (Å²) in [5.41, 5.74) is 3.35. The van der Waals surface area contributed by atoms with Gasteiger partial charge >= 0.3 is 5.97 Å². The number of methoxy groups -OCH3 is 1. The van der Waals surface area contributed by atoms with Crippen molar-refractivity contribution >= 4 is 39.6 Å². The maximum atomic E-state index is 12.7. The first-order chi connectivity index (χ1) is 14.5. The fraction of sp³-hybridized carbons (Fsp3) is 0.200. The summed E-state index contributed by atoms with van der Waals surface area (Å²) in [6, 6.07) is 19.4. The number of nitrogens with one attached hydrogen (secondary N) is 2. The number of esters is 1. The van der Waals surface area contributed by atoms with Crippen LogP contribution in [0.1, 0.15) is 36.2 Å². The van der Waals surface area contributed by atoms with E-state index in [9.17, 15) is 9.59 Å². The average Bonchev–Trinajstić information content (AvgIpc) is 2.76. The first-order valence-electron chi connectivity index (χ1n) is 9.96. The van der Waals surface area contributed by atoms with Crippen molar-refractivity contribution in [3.63, 3.8) is 0 Å². The molecule has 3 aromatic carbocycles. The zero-order valence-corrected chi connectivity index (χ0v) is 17.5. The number of carbonyl (C=O) groups is 2. The summed E-state index contributed by atoms with van der Waals surface area (Å²) >= 11 is 0. The highest BCUT2D eigenvalue weighted by Crippen LogP contribution is 2.24. The highest BCUT2D eigenvalue weighted by atomic mass is 16.5. The zero-order valence-electron chi connectivity index (χ0n) is 17.5. The largest absolute Gasteiger partial charge is 0.465 e. The van der Waals surface area contributed by atoms with Crippen LogP contribution in [0.15, 0.2) is 66.7 Å². The van der Waals surface area contributed by atoms with Crippen LogP contribution in [-0.2, 0) is 9.53 Å². The molecule has 5 heteroatoms. The molecule has 0 atom stereocenters. The lowest BCUT2D eigenvalue weighted by Gasteiger charge is -2.12. The minimum absolute atomic E-state index is 0.307. The van der Waals surface area contributed by atoms with Crippen LogP contribution >= 0.6 is 0 Å². The normalized spacial score (nSPS) is 11.2. The van der Waals surface area contributed by atoms with E-state index in [0.29, 0.717) is 11.3 Å². The molecular formula is C25H26N2O3. The number of allylic oxidation sites excluding steroid dienone is 1. The van der Waals surface area contributed by atoms with E-state index in [1.165, 1.54) is 13.2 Å². The van der Waals surface area contributed by atoms with Gasteiger partial charge in [0.15, 0.2) is 0 Å². The van der Waals surface area contributed by atoms with Crippen molar-refractivity contribution in [2.45, 2.75) is 20.3 Å². The molecule has 154 valence electrons. The maximum Gasteiger partial charge on any atom is 0.339 e. The predicted molar refractivity (Wildman–Crippen MR) is 123 cm³/mol. The average molecular weight is 402 g/mol. The molecule has 3 aromatic rings. The Labute approximate surface area is 176 Å². The van der Waals surface area contributed by atoms with Crippen LogP contribution in [0, 0.1) is 0 Å². The molecule has 0 saturated carbocycles. The van der Waals surface area contributed by atoms with Crippen molar-refractivity contribution in [1.82, 2.24) is 0 Å². The summed E-state index contributed by atoms with van der Waals surface area (Å²) < 4.78 is 4.84. The van der Waals surface area contributed by atoms with Gasteiger partial charge in [0.05, 0.1) is 18.4 Å². The summed E-state index contributed by atoms with van der Waals surface area (Å²) in [5.74, 6) is -0.805. The van der Waals surface area contributed by atoms with Crippen LogP contribution in [0.2, 0.25) is 0 Å². The Morgan fingerprint density at radius 3 is 2.50 bits per heavy atom. The van der Waals surface area contributed by atoms with Gasteiger partial charge < -0.3 is 15.4 Å². The standard InChI is InChI=1S/C25H26N2O3/c1-4-13-26-21-11-12-22(25(29)30-3)23(16-21)27-24(28)14-17(2)19-10-9-18-7-5-6-8-20(18)15-19/h5-12,14-16,26H,4,13H2,1-3H3,(H,27,28)/b17-14-. The molecule has 0 aromatic heterocycles. The summed E-state index contributed by atoms with van der Waals surface area (Å²) in [4.78, 5) is 24.8. The highest BCUT2D eigenvalue weighted by Gasteiger charge is 2.14. The number of benzene rings is 3. The summed E-state index contributed by atoms with van der Waals surface area (Å²) in [7, 11) is 1.32. The first kappa shape index (κ1) is 21.1. The Kier molecular flexibility index (Phi) is 6.86. The molecule has 0 unspecified atom stereocenters. The van der Waals surface area contributed by atoms with E-state index in [1.54, 1.807) is 18.2 Å². The fourth-order valence-corrected chi connectivity index (χ4v) is 3.20. The molecule has 30 heavy (non-hydrogen) atoms. The van der Waals surface area contributed by atoms with Gasteiger partial charge in [0.1, 0.15) is 0 Å². The SMILES string of the molecule is CCCNc1ccc(C(=O)OC)c(NC(=O)/C=C(/C)c2ccc3ccccc3c2)c1. The van der Waals surface area contributed by atoms with E-state index < -0.39 is 5.97 Å². The van der Waals surface area contributed by atoms with Gasteiger partial charge in [-0.3, -0.25) is 4.79 Å². The second-order valence-electron chi connectivity index (χ2n) is 7.06. The third kappa shape index (κ3) is 5.06. The number of hydrogen-bond acceptors (Lipinski definition) is 4. The van der Waals surface area contributed by atoms with Crippen molar-refractivity contribution in [2.75, 3.05) is 24.3 Å². The highest BCUT2D eigenvalue weighted by molar-refractivity contribution is 6.08. The third-order valence-electron chi connectivity index (χ3n) is 4.81. The van der Waals surface area contributed by atoms with Gasteiger partial charge in [-0.15, -0.1) is 0 Å². The Morgan fingerprint density at radius 1 is 1.00 bits per heavy atom. The van der Waals surface area contributed by atoms with E-state index in [4.69, 9.17) is 4.74 Å². The molecule has 0 heterocycles. The number of carbonyl (C=O) groups excluding carboxylic acids is 2. The molecule has 1 amide bonds. The van der Waals surface area contributed by atoms with Gasteiger partial charge in [0.25, 0.3) is 0 Å². The van der Waals surface area contributed by atoms with E-state index in [1.807, 2.05) is 37.3 Å². The number of hydrogen-bond donors (Lipinski definition) is 2. The van der Waals surface area contributed by atoms with E-state index >= 15 is 0 Å². The number of anilines is 2. The van der Waals surface area contributed by atoms with Crippen molar-refractivity contribution in [3.8, 4) is 0 Å². The molecule has 0 aliphatic carbocycles. The van der Waals surface area contributed by atoms with E-state index in [0.717, 1.165) is 40.6 Å². The van der Waals surface area contributed by atoms with Crippen molar-refractivity contribution in [3.05, 3.63) is 77.9 Å². The van der Waals surface area contributed by atoms with Gasteiger partial charge in [-0.1, -0.05) is 43.3 Å². The van der Waals surface area contributed by atoms with Crippen LogP contribution in [0.3, 0.4) is 0 Å². The van der Waals surface area contributed by atoms with Crippen LogP contribution in [0.25, 0.3) is 16.3 Å². The molecule has 0 aliphatic rings. The molecule has 5 nitrogen and oxygen atoms in total. The van der Waals surface area contributed by atoms with E-state index in [2.05, 4.69) is 29.7 Å². The Morgan fingerprint density at radius 2 is 1.77 bits per heavy atom. The lowest BCUT2D eigenvalue weighted by atomic mass is 10.0. The summed E-state index contributed by atoms with van der Waals surface area (Å²) in [5, 5.41) is 8.35. The molecule has 0 aliphatic heterocycles. The topological polar surface area (TPSA) is 67.4 Å². The lowest BCUT2D eigenvalue weighted by Crippen LogP contribution is -2.14. The van der Waals surface area contributed by atoms with Gasteiger partial charge in [-0.05, 0) is 59.5 Å². The monoisotopic (exact) mass is 402 g/mol. The van der Waals surface area contributed by atoms with Gasteiger partial charge in [-0.25, -0.2) is 4.79 Å². The Balaban J connectivity index is 1.84. The Hall–Kier alpha value is -3.60. The van der Waals surface area contributed by atoms with Crippen LogP contribution in [-0.4, -0.2) is 25.5 Å². The van der Waals surface area contributed by atoms with Crippen molar-refractivity contribution in [1.29, 1.82) is 0 Å². The fourth-order valence-electron chi connectivity index (χ4n) is 3.20. The minimum atomic E-state index is -0.498. The first-order valence-corrected chi connectivity index (χ1v) is 9.96. The number of fused-ring (bicyclic) bond motifs is 1. The van der Waals surface area contributed by atoms with Crippen LogP contribution in [0.4, 0.5) is 11.4 Å². The molecular weight excluding hydrogens is 376 g/mol. The molecule has 0 saturated heterocycles. The van der Waals surface area contributed by atoms with Crippen molar-refractivity contribution < 1.29 is 14.3 Å². The molecule has 3 rings (SSSR count). The zero-order chi connectivity index (χ0) is 21.5. The summed E-state index contributed by atoms with van der Waals surface area (Å²) in [6.45, 7) is 4.76. The summed E-state index contributed by atoms with van der Waals surface area (Å²) in [6.07, 6.45) is 2.51. The van der Waals surface area contributed by atoms with E-state index in [-0.39, 0.29) is 5.91 Å². The van der Waals surface area contributed by atoms with Crippen molar-refractivity contribution in [2.24, 2.45) is 0 Å². The smallest absolute Gasteiger partial charge is 0.339 e. The number of rotatable bonds is 7. The third-order valence-corrected chi connectivity index (χ3v) is 4.81. The minimum Gasteiger partial charge on any atom is -0.465 e. The Bertz CT molecular complexity index is 1100. The maximum absolute atomic E-state index is 12.7. The molecule has 0 fully saturated rings. The molecule has 2 N–H and O–H groups in total. The van der Waals surface area contributed by atoms with Crippen LogP contribution in [0.5, 0.6) is 0 Å². The molecule has 0 radical (unpaired) electrons. The second-order valence-corrected chi connectivity index (χ2v) is 7.06. The molecule has 0 spiro atoms. The number of ether oxygens (including phenoxy) is 1. The lowest BCUT2D eigenvalue weighted by molar-refractivity contribution is -0.111. The molecule has 0 bridgehead atoms. The quantitative estimate of drug-likeness (QED) is 0.405. The number of amides is 1. The van der Waals surface area contributed by atoms with Gasteiger partial charge in [0.2, 0.25) is 5.91 Å². The van der Waals surface area contributed by atoms with Gasteiger partial charge in [-0.2, -0.15) is 0 Å². The van der Waals surface area contributed by atoms with Crippen LogP contribution < -0.4 is 10.6 Å². The predicted octanol–water partition coefficient (Wildman–Crippen LogP) is 5.49.